The minimum absolute atomic E-state index is 0.0895. The second-order valence-electron chi connectivity index (χ2n) is 12.3. The molecule has 8 nitrogen and oxygen atoms in total. The SMILES string of the molecule is CCON=C(CCC(=O)O)c1nc2ccccc2n(C2C[C@H]3CCC[C@@H](C2)N3C2CC3CCCC(C3)C2)c1=O. The van der Waals surface area contributed by atoms with E-state index in [4.69, 9.17) is 9.82 Å². The van der Waals surface area contributed by atoms with Crippen molar-refractivity contribution in [3.05, 3.63) is 40.3 Å². The van der Waals surface area contributed by atoms with Gasteiger partial charge in [0.2, 0.25) is 0 Å². The molecule has 210 valence electrons. The molecular weight excluding hydrogens is 492 g/mol. The van der Waals surface area contributed by atoms with Crippen LogP contribution in [0, 0.1) is 11.8 Å². The molecule has 4 bridgehead atoms. The van der Waals surface area contributed by atoms with Crippen molar-refractivity contribution in [1.29, 1.82) is 0 Å². The lowest BCUT2D eigenvalue weighted by atomic mass is 9.68. The van der Waals surface area contributed by atoms with E-state index in [2.05, 4.69) is 10.1 Å². The number of benzene rings is 1. The lowest BCUT2D eigenvalue weighted by molar-refractivity contribution is -0.136. The van der Waals surface area contributed by atoms with Gasteiger partial charge in [0.15, 0.2) is 5.69 Å². The number of carboxylic acids is 1. The fourth-order valence-corrected chi connectivity index (χ4v) is 8.42. The molecule has 2 aromatic rings. The third kappa shape index (κ3) is 5.37. The summed E-state index contributed by atoms with van der Waals surface area (Å²) in [6.07, 6.45) is 14.0. The fourth-order valence-electron chi connectivity index (χ4n) is 8.42. The van der Waals surface area contributed by atoms with Gasteiger partial charge in [-0.05, 0) is 75.8 Å². The predicted molar refractivity (Wildman–Crippen MR) is 151 cm³/mol. The number of carboxylic acid groups (broad SMARTS) is 1. The maximum Gasteiger partial charge on any atom is 0.303 e. The molecule has 3 heterocycles. The molecule has 2 aliphatic carbocycles. The van der Waals surface area contributed by atoms with Gasteiger partial charge in [-0.3, -0.25) is 14.5 Å². The van der Waals surface area contributed by atoms with Crippen LogP contribution in [0.3, 0.4) is 0 Å². The molecular formula is C31H42N4O4. The van der Waals surface area contributed by atoms with Gasteiger partial charge in [-0.25, -0.2) is 4.98 Å². The summed E-state index contributed by atoms with van der Waals surface area (Å²) >= 11 is 0. The lowest BCUT2D eigenvalue weighted by Crippen LogP contribution is -2.58. The number of nitrogens with zero attached hydrogens (tertiary/aromatic N) is 4. The van der Waals surface area contributed by atoms with E-state index in [1.807, 2.05) is 35.8 Å². The summed E-state index contributed by atoms with van der Waals surface area (Å²) in [6, 6.07) is 9.64. The van der Waals surface area contributed by atoms with Crippen LogP contribution in [0.5, 0.6) is 0 Å². The third-order valence-electron chi connectivity index (χ3n) is 9.84. The van der Waals surface area contributed by atoms with Crippen molar-refractivity contribution >= 4 is 22.7 Å². The van der Waals surface area contributed by atoms with Crippen LogP contribution in [0.1, 0.15) is 102 Å². The van der Waals surface area contributed by atoms with Gasteiger partial charge in [-0.1, -0.05) is 43.0 Å². The van der Waals surface area contributed by atoms with Gasteiger partial charge in [-0.15, -0.1) is 0 Å². The fraction of sp³-hybridized carbons (Fsp3) is 0.677. The van der Waals surface area contributed by atoms with Gasteiger partial charge >= 0.3 is 5.97 Å². The Bertz CT molecular complexity index is 1260. The number of aromatic nitrogens is 2. The molecule has 1 N–H and O–H groups in total. The largest absolute Gasteiger partial charge is 0.481 e. The summed E-state index contributed by atoms with van der Waals surface area (Å²) in [5, 5.41) is 13.5. The third-order valence-corrected chi connectivity index (χ3v) is 9.84. The second-order valence-corrected chi connectivity index (χ2v) is 12.3. The summed E-state index contributed by atoms with van der Waals surface area (Å²) in [4.78, 5) is 38.4. The average Bonchev–Trinajstić information content (AvgIpc) is 2.92. The molecule has 6 rings (SSSR count). The van der Waals surface area contributed by atoms with E-state index in [9.17, 15) is 14.7 Å². The van der Waals surface area contributed by atoms with Crippen LogP contribution in [0.25, 0.3) is 11.0 Å². The van der Waals surface area contributed by atoms with Crippen LogP contribution >= 0.6 is 0 Å². The van der Waals surface area contributed by atoms with Gasteiger partial charge < -0.3 is 14.5 Å². The monoisotopic (exact) mass is 534 g/mol. The Labute approximate surface area is 230 Å². The van der Waals surface area contributed by atoms with Crippen molar-refractivity contribution in [2.45, 2.75) is 115 Å². The van der Waals surface area contributed by atoms with E-state index in [1.165, 1.54) is 57.8 Å². The van der Waals surface area contributed by atoms with Gasteiger partial charge in [0.25, 0.3) is 5.56 Å². The zero-order valence-electron chi connectivity index (χ0n) is 23.1. The molecule has 4 fully saturated rings. The topological polar surface area (TPSA) is 97.0 Å². The smallest absolute Gasteiger partial charge is 0.303 e. The van der Waals surface area contributed by atoms with Gasteiger partial charge in [0, 0.05) is 30.6 Å². The van der Waals surface area contributed by atoms with E-state index in [0.29, 0.717) is 30.4 Å². The van der Waals surface area contributed by atoms with Crippen LogP contribution in [0.2, 0.25) is 0 Å². The molecule has 0 radical (unpaired) electrons. The molecule has 3 unspecified atom stereocenters. The predicted octanol–water partition coefficient (Wildman–Crippen LogP) is 5.53. The molecule has 5 atom stereocenters. The average molecular weight is 535 g/mol. The van der Waals surface area contributed by atoms with Crippen LogP contribution < -0.4 is 5.56 Å². The van der Waals surface area contributed by atoms with Gasteiger partial charge in [-0.2, -0.15) is 0 Å². The molecule has 0 amide bonds. The molecule has 1 aromatic carbocycles. The Hall–Kier alpha value is -2.74. The number of fused-ring (bicyclic) bond motifs is 5. The molecule has 2 aliphatic heterocycles. The standard InChI is InChI=1S/C31H42N4O4/c1-2-39-33-27(13-14-29(36)37)30-31(38)35(28-12-4-3-11-26(28)32-30)25-18-22-9-6-10-23(19-25)34(22)24-16-20-7-5-8-21(15-20)17-24/h3-4,11-12,20-25H,2,5-10,13-19H2,1H3,(H,36,37)/t20?,21?,22-,23+,24?,25?. The number of hydrogen-bond donors (Lipinski definition) is 1. The Balaban J connectivity index is 1.35. The number of rotatable bonds is 8. The van der Waals surface area contributed by atoms with E-state index >= 15 is 0 Å². The van der Waals surface area contributed by atoms with Crippen molar-refractivity contribution in [3.63, 3.8) is 0 Å². The molecule has 2 saturated heterocycles. The highest BCUT2D eigenvalue weighted by molar-refractivity contribution is 6.00. The van der Waals surface area contributed by atoms with E-state index in [0.717, 1.165) is 35.7 Å². The van der Waals surface area contributed by atoms with Crippen LogP contribution in [-0.2, 0) is 9.63 Å². The number of para-hydroxylation sites is 2. The first-order valence-electron chi connectivity index (χ1n) is 15.2. The number of piperidine rings is 2. The van der Waals surface area contributed by atoms with Crippen molar-refractivity contribution < 1.29 is 14.7 Å². The maximum atomic E-state index is 14.2. The van der Waals surface area contributed by atoms with Crippen molar-refractivity contribution in [2.75, 3.05) is 6.61 Å². The van der Waals surface area contributed by atoms with E-state index in [-0.39, 0.29) is 30.1 Å². The highest BCUT2D eigenvalue weighted by atomic mass is 16.6. The van der Waals surface area contributed by atoms with Crippen molar-refractivity contribution in [1.82, 2.24) is 14.5 Å². The van der Waals surface area contributed by atoms with Crippen molar-refractivity contribution in [2.24, 2.45) is 17.0 Å². The Kier molecular flexibility index (Phi) is 7.74. The highest BCUT2D eigenvalue weighted by Crippen LogP contribution is 2.47. The summed E-state index contributed by atoms with van der Waals surface area (Å²) in [5.74, 6) is 0.876. The quantitative estimate of drug-likeness (QED) is 0.353. The lowest BCUT2D eigenvalue weighted by Gasteiger charge is -2.55. The molecule has 1 aromatic heterocycles. The summed E-state index contributed by atoms with van der Waals surface area (Å²) < 4.78 is 1.97. The van der Waals surface area contributed by atoms with Crippen LogP contribution in [0.4, 0.5) is 0 Å². The molecule has 4 aliphatic rings. The number of hydrogen-bond acceptors (Lipinski definition) is 6. The molecule has 8 heteroatoms. The summed E-state index contributed by atoms with van der Waals surface area (Å²) in [6.45, 7) is 2.15. The summed E-state index contributed by atoms with van der Waals surface area (Å²) in [7, 11) is 0. The first-order valence-corrected chi connectivity index (χ1v) is 15.2. The van der Waals surface area contributed by atoms with E-state index in [1.54, 1.807) is 0 Å². The Morgan fingerprint density at radius 3 is 2.33 bits per heavy atom. The van der Waals surface area contributed by atoms with Crippen molar-refractivity contribution in [3.8, 4) is 0 Å². The van der Waals surface area contributed by atoms with E-state index < -0.39 is 5.97 Å². The number of carbonyl (C=O) groups is 1. The zero-order valence-corrected chi connectivity index (χ0v) is 23.1. The normalized spacial score (nSPS) is 31.3. The Morgan fingerprint density at radius 2 is 1.64 bits per heavy atom. The van der Waals surface area contributed by atoms with Gasteiger partial charge in [0.1, 0.15) is 12.3 Å². The highest BCUT2D eigenvalue weighted by Gasteiger charge is 2.45. The first-order chi connectivity index (χ1) is 19.0. The zero-order chi connectivity index (χ0) is 26.9. The molecule has 2 saturated carbocycles. The minimum Gasteiger partial charge on any atom is -0.481 e. The molecule has 0 spiro atoms. The number of aliphatic carboxylic acids is 1. The van der Waals surface area contributed by atoms with Gasteiger partial charge in [0.05, 0.1) is 17.5 Å². The van der Waals surface area contributed by atoms with Crippen LogP contribution in [0.15, 0.2) is 34.2 Å². The minimum atomic E-state index is -0.938. The number of oxime groups is 1. The first kappa shape index (κ1) is 26.5. The molecule has 39 heavy (non-hydrogen) atoms. The van der Waals surface area contributed by atoms with Crippen LogP contribution in [-0.4, -0.2) is 56.0 Å². The maximum absolute atomic E-state index is 14.2. The second kappa shape index (κ2) is 11.4. The Morgan fingerprint density at radius 1 is 0.949 bits per heavy atom. The summed E-state index contributed by atoms with van der Waals surface area (Å²) in [5.41, 5.74) is 1.94.